The Balaban J connectivity index is 2.36. The molecule has 2 nitrogen and oxygen atoms in total. The number of hydrogen-bond acceptors (Lipinski definition) is 2. The number of benzene rings is 2. The number of halogens is 3. The van der Waals surface area contributed by atoms with Gasteiger partial charge in [-0.3, -0.25) is 0 Å². The van der Waals surface area contributed by atoms with E-state index in [4.69, 9.17) is 18.0 Å². The van der Waals surface area contributed by atoms with Crippen molar-refractivity contribution >= 4 is 44.5 Å². The van der Waals surface area contributed by atoms with Crippen molar-refractivity contribution in [1.29, 1.82) is 0 Å². The zero-order chi connectivity index (χ0) is 14.9. The van der Waals surface area contributed by atoms with Crippen LogP contribution >= 0.6 is 28.1 Å². The summed E-state index contributed by atoms with van der Waals surface area (Å²) in [5, 5.41) is 2.90. The van der Waals surface area contributed by atoms with Crippen molar-refractivity contribution in [2.24, 2.45) is 5.73 Å². The van der Waals surface area contributed by atoms with Gasteiger partial charge in [-0.2, -0.15) is 0 Å². The molecule has 0 saturated carbocycles. The van der Waals surface area contributed by atoms with Crippen LogP contribution in [0.15, 0.2) is 34.8 Å². The van der Waals surface area contributed by atoms with E-state index in [0.29, 0.717) is 15.1 Å². The van der Waals surface area contributed by atoms with Gasteiger partial charge in [-0.05, 0) is 52.7 Å². The first-order chi connectivity index (χ1) is 9.38. The monoisotopic (exact) mass is 356 g/mol. The third-order valence-electron chi connectivity index (χ3n) is 2.77. The fourth-order valence-electron chi connectivity index (χ4n) is 1.82. The van der Waals surface area contributed by atoms with Gasteiger partial charge in [-0.15, -0.1) is 0 Å². The number of anilines is 2. The summed E-state index contributed by atoms with van der Waals surface area (Å²) in [6.45, 7) is 1.86. The van der Waals surface area contributed by atoms with Gasteiger partial charge in [-0.1, -0.05) is 12.2 Å². The second kappa shape index (κ2) is 5.85. The average molecular weight is 357 g/mol. The predicted octanol–water partition coefficient (Wildman–Crippen LogP) is 4.41. The normalized spacial score (nSPS) is 10.4. The van der Waals surface area contributed by atoms with Crippen LogP contribution in [0.1, 0.15) is 11.1 Å². The van der Waals surface area contributed by atoms with E-state index in [1.54, 1.807) is 18.2 Å². The molecule has 0 aromatic heterocycles. The van der Waals surface area contributed by atoms with Crippen LogP contribution in [-0.4, -0.2) is 4.99 Å². The van der Waals surface area contributed by atoms with E-state index in [2.05, 4.69) is 21.2 Å². The lowest BCUT2D eigenvalue weighted by molar-refractivity contribution is 0.584. The predicted molar refractivity (Wildman–Crippen MR) is 84.4 cm³/mol. The summed E-state index contributed by atoms with van der Waals surface area (Å²) >= 11 is 8.05. The molecule has 0 atom stereocenters. The summed E-state index contributed by atoms with van der Waals surface area (Å²) in [4.78, 5) is 0.309. The van der Waals surface area contributed by atoms with Gasteiger partial charge in [0.05, 0.1) is 5.69 Å². The molecular weight excluding hydrogens is 346 g/mol. The van der Waals surface area contributed by atoms with Crippen LogP contribution in [-0.2, 0) is 0 Å². The van der Waals surface area contributed by atoms with E-state index < -0.39 is 11.6 Å². The van der Waals surface area contributed by atoms with Crippen molar-refractivity contribution in [3.05, 3.63) is 57.6 Å². The van der Waals surface area contributed by atoms with Crippen molar-refractivity contribution in [3.8, 4) is 0 Å². The van der Waals surface area contributed by atoms with Gasteiger partial charge in [0.1, 0.15) is 10.8 Å². The number of hydrogen-bond donors (Lipinski definition) is 2. The highest BCUT2D eigenvalue weighted by Crippen LogP contribution is 2.30. The Morgan fingerprint density at radius 2 is 1.95 bits per heavy atom. The molecule has 0 aliphatic rings. The quantitative estimate of drug-likeness (QED) is 0.799. The van der Waals surface area contributed by atoms with E-state index in [1.165, 1.54) is 6.07 Å². The molecule has 0 heterocycles. The molecule has 2 rings (SSSR count). The zero-order valence-electron chi connectivity index (χ0n) is 10.5. The lowest BCUT2D eigenvalue weighted by Crippen LogP contribution is -2.11. The fourth-order valence-corrected chi connectivity index (χ4v) is 2.56. The van der Waals surface area contributed by atoms with E-state index in [-0.39, 0.29) is 5.69 Å². The maximum atomic E-state index is 13.7. The zero-order valence-corrected chi connectivity index (χ0v) is 12.9. The Morgan fingerprint density at radius 3 is 2.50 bits per heavy atom. The third-order valence-corrected chi connectivity index (χ3v) is 3.61. The van der Waals surface area contributed by atoms with Crippen molar-refractivity contribution < 1.29 is 8.78 Å². The molecule has 0 amide bonds. The first-order valence-electron chi connectivity index (χ1n) is 5.70. The number of aryl methyl sites for hydroxylation is 1. The highest BCUT2D eigenvalue weighted by Gasteiger charge is 2.10. The largest absolute Gasteiger partial charge is 0.389 e. The molecule has 20 heavy (non-hydrogen) atoms. The molecule has 0 saturated heterocycles. The molecule has 104 valence electrons. The standard InChI is InChI=1S/C14H11BrF2N2S/c1-7-4-9(2-3-10(7)14(18)20)19-13-11(15)5-8(16)6-12(13)17/h2-6,19H,1H3,(H2,18,20). The molecular formula is C14H11BrF2N2S. The minimum atomic E-state index is -0.673. The third kappa shape index (κ3) is 3.13. The summed E-state index contributed by atoms with van der Waals surface area (Å²) in [6, 6.07) is 7.31. The Bertz CT molecular complexity index is 666. The second-order valence-corrected chi connectivity index (χ2v) is 5.56. The molecule has 0 spiro atoms. The second-order valence-electron chi connectivity index (χ2n) is 4.26. The first kappa shape index (κ1) is 14.9. The topological polar surface area (TPSA) is 38.0 Å². The minimum Gasteiger partial charge on any atom is -0.389 e. The molecule has 0 aliphatic heterocycles. The lowest BCUT2D eigenvalue weighted by Gasteiger charge is -2.12. The van der Waals surface area contributed by atoms with E-state index in [0.717, 1.165) is 17.2 Å². The molecule has 2 aromatic rings. The molecule has 2 aromatic carbocycles. The van der Waals surface area contributed by atoms with Crippen molar-refractivity contribution in [2.45, 2.75) is 6.92 Å². The molecule has 0 aliphatic carbocycles. The molecule has 0 fully saturated rings. The van der Waals surface area contributed by atoms with Crippen LogP contribution in [0.4, 0.5) is 20.2 Å². The van der Waals surface area contributed by atoms with Crippen molar-refractivity contribution in [2.75, 3.05) is 5.32 Å². The van der Waals surface area contributed by atoms with E-state index >= 15 is 0 Å². The number of nitrogens with two attached hydrogens (primary N) is 1. The first-order valence-corrected chi connectivity index (χ1v) is 6.90. The maximum absolute atomic E-state index is 13.7. The minimum absolute atomic E-state index is 0.175. The molecule has 0 unspecified atom stereocenters. The van der Waals surface area contributed by atoms with Gasteiger partial charge < -0.3 is 11.1 Å². The van der Waals surface area contributed by atoms with Gasteiger partial charge in [-0.25, -0.2) is 8.78 Å². The Morgan fingerprint density at radius 1 is 1.25 bits per heavy atom. The number of nitrogens with one attached hydrogen (secondary N) is 1. The summed E-state index contributed by atoms with van der Waals surface area (Å²) < 4.78 is 27.1. The Kier molecular flexibility index (Phi) is 4.35. The fraction of sp³-hybridized carbons (Fsp3) is 0.0714. The van der Waals surface area contributed by atoms with Gasteiger partial charge >= 0.3 is 0 Å². The number of thiocarbonyl (C=S) groups is 1. The Hall–Kier alpha value is -1.53. The number of rotatable bonds is 3. The highest BCUT2D eigenvalue weighted by atomic mass is 79.9. The summed E-state index contributed by atoms with van der Waals surface area (Å²) in [7, 11) is 0. The van der Waals surface area contributed by atoms with E-state index in [9.17, 15) is 8.78 Å². The maximum Gasteiger partial charge on any atom is 0.150 e. The Labute approximate surface area is 129 Å². The van der Waals surface area contributed by atoms with E-state index in [1.807, 2.05) is 6.92 Å². The lowest BCUT2D eigenvalue weighted by atomic mass is 10.1. The van der Waals surface area contributed by atoms with Crippen LogP contribution in [0.3, 0.4) is 0 Å². The van der Waals surface area contributed by atoms with Crippen LogP contribution in [0.2, 0.25) is 0 Å². The van der Waals surface area contributed by atoms with Crippen molar-refractivity contribution in [3.63, 3.8) is 0 Å². The smallest absolute Gasteiger partial charge is 0.150 e. The summed E-state index contributed by atoms with van der Waals surface area (Å²) in [5.74, 6) is -1.31. The molecule has 0 radical (unpaired) electrons. The van der Waals surface area contributed by atoms with Gasteiger partial charge in [0.25, 0.3) is 0 Å². The van der Waals surface area contributed by atoms with Crippen LogP contribution in [0.25, 0.3) is 0 Å². The summed E-state index contributed by atoms with van der Waals surface area (Å²) in [5.41, 5.74) is 8.06. The van der Waals surface area contributed by atoms with Crippen LogP contribution in [0.5, 0.6) is 0 Å². The molecule has 0 bridgehead atoms. The molecule has 3 N–H and O–H groups in total. The SMILES string of the molecule is Cc1cc(Nc2c(F)cc(F)cc2Br)ccc1C(N)=S. The van der Waals surface area contributed by atoms with Gasteiger partial charge in [0.2, 0.25) is 0 Å². The van der Waals surface area contributed by atoms with Crippen molar-refractivity contribution in [1.82, 2.24) is 0 Å². The summed E-state index contributed by atoms with van der Waals surface area (Å²) in [6.07, 6.45) is 0. The van der Waals surface area contributed by atoms with Crippen LogP contribution in [0, 0.1) is 18.6 Å². The van der Waals surface area contributed by atoms with Crippen LogP contribution < -0.4 is 11.1 Å². The average Bonchev–Trinajstić information content (AvgIpc) is 2.33. The highest BCUT2D eigenvalue weighted by molar-refractivity contribution is 9.10. The molecule has 6 heteroatoms. The van der Waals surface area contributed by atoms with Gasteiger partial charge in [0.15, 0.2) is 5.82 Å². The van der Waals surface area contributed by atoms with Gasteiger partial charge in [0, 0.05) is 21.8 Å².